The first-order valence-corrected chi connectivity index (χ1v) is 10.9. The number of imidazole rings is 1. The van der Waals surface area contributed by atoms with E-state index in [2.05, 4.69) is 4.98 Å². The molecule has 0 fully saturated rings. The fourth-order valence-corrected chi connectivity index (χ4v) is 3.70. The van der Waals surface area contributed by atoms with Crippen molar-refractivity contribution < 1.29 is 9.59 Å². The highest BCUT2D eigenvalue weighted by molar-refractivity contribution is 7.98. The van der Waals surface area contributed by atoms with Gasteiger partial charge >= 0.3 is 0 Å². The number of amides is 2. The van der Waals surface area contributed by atoms with Gasteiger partial charge in [-0.3, -0.25) is 14.2 Å². The Morgan fingerprint density at radius 2 is 1.77 bits per heavy atom. The Hall–Kier alpha value is -3.06. The Morgan fingerprint density at radius 3 is 2.40 bits per heavy atom. The number of thioether (sulfide) groups is 1. The van der Waals surface area contributed by atoms with Crippen molar-refractivity contribution in [2.75, 3.05) is 26.9 Å². The van der Waals surface area contributed by atoms with Crippen LogP contribution < -0.4 is 0 Å². The van der Waals surface area contributed by atoms with E-state index in [1.807, 2.05) is 60.3 Å². The van der Waals surface area contributed by atoms with Crippen LogP contribution in [-0.2, 0) is 6.54 Å². The molecule has 0 radical (unpaired) electrons. The first kappa shape index (κ1) is 21.6. The summed E-state index contributed by atoms with van der Waals surface area (Å²) in [5.41, 5.74) is 3.16. The predicted octanol–water partition coefficient (Wildman–Crippen LogP) is 3.96. The van der Waals surface area contributed by atoms with Crippen LogP contribution in [0.3, 0.4) is 0 Å². The van der Waals surface area contributed by atoms with E-state index in [-0.39, 0.29) is 11.8 Å². The first-order chi connectivity index (χ1) is 14.4. The molecule has 0 bridgehead atoms. The second-order valence-corrected chi connectivity index (χ2v) is 7.82. The van der Waals surface area contributed by atoms with Gasteiger partial charge in [0.1, 0.15) is 0 Å². The molecule has 3 aromatic rings. The van der Waals surface area contributed by atoms with Crippen molar-refractivity contribution in [2.24, 2.45) is 0 Å². The largest absolute Gasteiger partial charge is 0.345 e. The van der Waals surface area contributed by atoms with E-state index in [1.54, 1.807) is 54.0 Å². The minimum atomic E-state index is -0.0362. The van der Waals surface area contributed by atoms with Crippen molar-refractivity contribution in [3.63, 3.8) is 0 Å². The lowest BCUT2D eigenvalue weighted by Gasteiger charge is -2.22. The number of rotatable bonds is 7. The van der Waals surface area contributed by atoms with Crippen molar-refractivity contribution in [1.29, 1.82) is 0 Å². The number of aromatic nitrogens is 2. The fourth-order valence-electron chi connectivity index (χ4n) is 3.17. The molecule has 156 valence electrons. The van der Waals surface area contributed by atoms with E-state index in [1.165, 1.54) is 0 Å². The van der Waals surface area contributed by atoms with E-state index in [9.17, 15) is 9.59 Å². The molecule has 0 aliphatic rings. The molecule has 6 nitrogen and oxygen atoms in total. The van der Waals surface area contributed by atoms with Crippen LogP contribution in [0.4, 0.5) is 0 Å². The molecule has 0 saturated heterocycles. The van der Waals surface area contributed by atoms with Crippen molar-refractivity contribution in [2.45, 2.75) is 18.6 Å². The number of carbonyl (C=O) groups is 2. The maximum absolute atomic E-state index is 13.2. The lowest BCUT2D eigenvalue weighted by molar-refractivity contribution is 0.0751. The molecule has 0 atom stereocenters. The second kappa shape index (κ2) is 9.63. The number of hydrogen-bond donors (Lipinski definition) is 0. The van der Waals surface area contributed by atoms with Crippen molar-refractivity contribution in [3.05, 3.63) is 77.6 Å². The highest BCUT2D eigenvalue weighted by atomic mass is 32.2. The van der Waals surface area contributed by atoms with Crippen LogP contribution in [0.5, 0.6) is 0 Å². The summed E-state index contributed by atoms with van der Waals surface area (Å²) in [4.78, 5) is 32.9. The van der Waals surface area contributed by atoms with E-state index in [0.29, 0.717) is 24.2 Å². The SMILES string of the molecule is CCN(Cc1ccc(C(=O)N(C)C)cc1)C(=O)c1cccc(-n2ccnc2SC)c1. The van der Waals surface area contributed by atoms with Gasteiger partial charge in [-0.25, -0.2) is 4.98 Å². The molecule has 1 heterocycles. The number of benzene rings is 2. The predicted molar refractivity (Wildman–Crippen MR) is 120 cm³/mol. The average molecular weight is 423 g/mol. The Labute approximate surface area is 181 Å². The van der Waals surface area contributed by atoms with Gasteiger partial charge in [0.2, 0.25) is 0 Å². The van der Waals surface area contributed by atoms with Crippen molar-refractivity contribution in [3.8, 4) is 5.69 Å². The molecule has 2 amide bonds. The average Bonchev–Trinajstić information content (AvgIpc) is 3.26. The third-order valence-electron chi connectivity index (χ3n) is 4.81. The fraction of sp³-hybridized carbons (Fsp3) is 0.261. The molecule has 0 aliphatic carbocycles. The molecular weight excluding hydrogens is 396 g/mol. The van der Waals surface area contributed by atoms with Gasteiger partial charge < -0.3 is 9.80 Å². The molecular formula is C23H26N4O2S. The summed E-state index contributed by atoms with van der Waals surface area (Å²) in [5, 5.41) is 0.874. The minimum absolute atomic E-state index is 0.0291. The molecule has 2 aromatic carbocycles. The van der Waals surface area contributed by atoms with Gasteiger partial charge in [-0.1, -0.05) is 30.0 Å². The van der Waals surface area contributed by atoms with Gasteiger partial charge in [-0.15, -0.1) is 0 Å². The summed E-state index contributed by atoms with van der Waals surface area (Å²) in [6, 6.07) is 15.0. The number of nitrogens with zero attached hydrogens (tertiary/aromatic N) is 4. The molecule has 0 unspecified atom stereocenters. The molecule has 7 heteroatoms. The molecule has 30 heavy (non-hydrogen) atoms. The summed E-state index contributed by atoms with van der Waals surface area (Å²) in [7, 11) is 3.46. The van der Waals surface area contributed by atoms with Crippen LogP contribution in [0.2, 0.25) is 0 Å². The Morgan fingerprint density at radius 1 is 1.03 bits per heavy atom. The van der Waals surface area contributed by atoms with Crippen LogP contribution in [0, 0.1) is 0 Å². The van der Waals surface area contributed by atoms with Gasteiger partial charge in [0.25, 0.3) is 11.8 Å². The van der Waals surface area contributed by atoms with Gasteiger partial charge in [0, 0.05) is 56.4 Å². The van der Waals surface area contributed by atoms with Crippen LogP contribution in [-0.4, -0.2) is 58.1 Å². The summed E-state index contributed by atoms with van der Waals surface area (Å²) in [5.74, 6) is -0.0653. The number of hydrogen-bond acceptors (Lipinski definition) is 4. The zero-order valence-electron chi connectivity index (χ0n) is 17.7. The van der Waals surface area contributed by atoms with Crippen LogP contribution in [0.15, 0.2) is 66.1 Å². The summed E-state index contributed by atoms with van der Waals surface area (Å²) >= 11 is 1.56. The Balaban J connectivity index is 1.78. The first-order valence-electron chi connectivity index (χ1n) is 9.72. The minimum Gasteiger partial charge on any atom is -0.345 e. The molecule has 0 spiro atoms. The van der Waals surface area contributed by atoms with Gasteiger partial charge in [-0.05, 0) is 49.1 Å². The summed E-state index contributed by atoms with van der Waals surface area (Å²) in [6.45, 7) is 3.03. The van der Waals surface area contributed by atoms with Crippen molar-refractivity contribution >= 4 is 23.6 Å². The second-order valence-electron chi connectivity index (χ2n) is 7.05. The quantitative estimate of drug-likeness (QED) is 0.541. The van der Waals surface area contributed by atoms with Crippen LogP contribution in [0.25, 0.3) is 5.69 Å². The lowest BCUT2D eigenvalue weighted by Crippen LogP contribution is -2.30. The Bertz CT molecular complexity index is 1030. The third kappa shape index (κ3) is 4.74. The highest BCUT2D eigenvalue weighted by Gasteiger charge is 2.16. The van der Waals surface area contributed by atoms with E-state index >= 15 is 0 Å². The van der Waals surface area contributed by atoms with Gasteiger partial charge in [-0.2, -0.15) is 0 Å². The standard InChI is InChI=1S/C23H26N4O2S/c1-5-26(16-17-9-11-18(12-10-17)21(28)25(2)3)22(29)19-7-6-8-20(15-19)27-14-13-24-23(27)30-4/h6-15H,5,16H2,1-4H3. The topological polar surface area (TPSA) is 58.4 Å². The zero-order chi connectivity index (χ0) is 21.7. The van der Waals surface area contributed by atoms with Gasteiger partial charge in [0.15, 0.2) is 5.16 Å². The van der Waals surface area contributed by atoms with E-state index in [4.69, 9.17) is 0 Å². The molecule has 0 N–H and O–H groups in total. The lowest BCUT2D eigenvalue weighted by atomic mass is 10.1. The molecule has 0 saturated carbocycles. The van der Waals surface area contributed by atoms with E-state index in [0.717, 1.165) is 16.4 Å². The summed E-state index contributed by atoms with van der Waals surface area (Å²) < 4.78 is 1.97. The van der Waals surface area contributed by atoms with Crippen LogP contribution >= 0.6 is 11.8 Å². The smallest absolute Gasteiger partial charge is 0.254 e. The maximum Gasteiger partial charge on any atom is 0.254 e. The third-order valence-corrected chi connectivity index (χ3v) is 5.48. The zero-order valence-corrected chi connectivity index (χ0v) is 18.5. The van der Waals surface area contributed by atoms with Gasteiger partial charge in [0.05, 0.1) is 0 Å². The highest BCUT2D eigenvalue weighted by Crippen LogP contribution is 2.20. The maximum atomic E-state index is 13.2. The molecule has 1 aromatic heterocycles. The number of carbonyl (C=O) groups excluding carboxylic acids is 2. The monoisotopic (exact) mass is 422 g/mol. The normalized spacial score (nSPS) is 10.7. The Kier molecular flexibility index (Phi) is 6.95. The molecule has 3 rings (SSSR count). The van der Waals surface area contributed by atoms with Crippen LogP contribution in [0.1, 0.15) is 33.2 Å². The van der Waals surface area contributed by atoms with E-state index < -0.39 is 0 Å². The van der Waals surface area contributed by atoms with Crippen molar-refractivity contribution in [1.82, 2.24) is 19.4 Å². The molecule has 0 aliphatic heterocycles. The summed E-state index contributed by atoms with van der Waals surface area (Å²) in [6.07, 6.45) is 5.62.